The first-order valence-corrected chi connectivity index (χ1v) is 7.18. The lowest BCUT2D eigenvalue weighted by molar-refractivity contribution is 0.105. The van der Waals surface area contributed by atoms with Crippen LogP contribution in [0.3, 0.4) is 0 Å². The highest BCUT2D eigenvalue weighted by Gasteiger charge is 2.38. The van der Waals surface area contributed by atoms with Crippen LogP contribution in [0, 0.1) is 6.92 Å². The normalized spacial score (nSPS) is 26.8. The molecule has 2 rings (SSSR count). The summed E-state index contributed by atoms with van der Waals surface area (Å²) in [5.41, 5.74) is 6.71. The molecule has 3 N–H and O–H groups in total. The second kappa shape index (κ2) is 4.88. The van der Waals surface area contributed by atoms with E-state index in [0.717, 1.165) is 30.2 Å². The van der Waals surface area contributed by atoms with Gasteiger partial charge in [-0.1, -0.05) is 20.8 Å². The zero-order chi connectivity index (χ0) is 15.1. The molecule has 1 aliphatic rings. The van der Waals surface area contributed by atoms with Crippen LogP contribution in [-0.4, -0.2) is 28.2 Å². The third kappa shape index (κ3) is 2.73. The van der Waals surface area contributed by atoms with E-state index in [9.17, 15) is 0 Å². The Morgan fingerprint density at radius 2 is 2.00 bits per heavy atom. The number of nitrogens with one attached hydrogen (secondary N) is 1. The van der Waals surface area contributed by atoms with E-state index in [0.29, 0.717) is 5.82 Å². The molecule has 2 unspecified atom stereocenters. The van der Waals surface area contributed by atoms with Crippen LogP contribution in [0.15, 0.2) is 0 Å². The van der Waals surface area contributed by atoms with Crippen molar-refractivity contribution in [3.8, 4) is 0 Å². The van der Waals surface area contributed by atoms with Gasteiger partial charge in [0.15, 0.2) is 0 Å². The molecule has 20 heavy (non-hydrogen) atoms. The van der Waals surface area contributed by atoms with Crippen molar-refractivity contribution < 1.29 is 4.74 Å². The summed E-state index contributed by atoms with van der Waals surface area (Å²) >= 11 is 0. The minimum atomic E-state index is -0.128. The van der Waals surface area contributed by atoms with Crippen LogP contribution < -0.4 is 11.1 Å². The van der Waals surface area contributed by atoms with Crippen molar-refractivity contribution in [2.75, 3.05) is 17.7 Å². The fourth-order valence-corrected chi connectivity index (χ4v) is 2.26. The molecule has 0 bridgehead atoms. The van der Waals surface area contributed by atoms with Crippen molar-refractivity contribution in [3.63, 3.8) is 0 Å². The van der Waals surface area contributed by atoms with E-state index < -0.39 is 0 Å². The molecule has 1 saturated heterocycles. The Labute approximate surface area is 121 Å². The number of nitrogens with two attached hydrogens (primary N) is 1. The summed E-state index contributed by atoms with van der Waals surface area (Å²) < 4.78 is 5.67. The van der Waals surface area contributed by atoms with Crippen LogP contribution in [0.4, 0.5) is 11.6 Å². The predicted molar refractivity (Wildman–Crippen MR) is 81.9 cm³/mol. The van der Waals surface area contributed by atoms with Crippen molar-refractivity contribution in [1.82, 2.24) is 9.97 Å². The molecule has 0 radical (unpaired) electrons. The topological polar surface area (TPSA) is 73.1 Å². The lowest BCUT2D eigenvalue weighted by Gasteiger charge is -2.31. The quantitative estimate of drug-likeness (QED) is 0.870. The summed E-state index contributed by atoms with van der Waals surface area (Å²) in [5, 5.41) is 3.53. The van der Waals surface area contributed by atoms with Gasteiger partial charge in [0.25, 0.3) is 0 Å². The lowest BCUT2D eigenvalue weighted by atomic mass is 9.93. The van der Waals surface area contributed by atoms with Crippen molar-refractivity contribution in [3.05, 3.63) is 11.4 Å². The maximum absolute atomic E-state index is 6.05. The first-order valence-electron chi connectivity index (χ1n) is 7.18. The minimum absolute atomic E-state index is 0.110. The zero-order valence-electron chi connectivity index (χ0n) is 13.4. The monoisotopic (exact) mass is 278 g/mol. The van der Waals surface area contributed by atoms with Gasteiger partial charge < -0.3 is 15.8 Å². The molecule has 1 aliphatic heterocycles. The highest BCUT2D eigenvalue weighted by atomic mass is 16.5. The van der Waals surface area contributed by atoms with E-state index in [4.69, 9.17) is 10.5 Å². The van der Waals surface area contributed by atoms with Gasteiger partial charge >= 0.3 is 0 Å². The summed E-state index contributed by atoms with van der Waals surface area (Å²) in [7, 11) is 0. The zero-order valence-corrected chi connectivity index (χ0v) is 13.4. The van der Waals surface area contributed by atoms with E-state index in [1.54, 1.807) is 0 Å². The Balaban J connectivity index is 2.39. The van der Waals surface area contributed by atoms with Gasteiger partial charge in [-0.2, -0.15) is 0 Å². The average Bonchev–Trinajstić information content (AvgIpc) is 2.64. The Bertz CT molecular complexity index is 509. The Hall–Kier alpha value is -1.36. The molecule has 5 heteroatoms. The molecule has 2 heterocycles. The Kier molecular flexibility index (Phi) is 3.67. The number of aromatic nitrogens is 2. The van der Waals surface area contributed by atoms with E-state index >= 15 is 0 Å². The largest absolute Gasteiger partial charge is 0.383 e. The van der Waals surface area contributed by atoms with Gasteiger partial charge in [0.2, 0.25) is 0 Å². The van der Waals surface area contributed by atoms with E-state index in [-0.39, 0.29) is 17.1 Å². The highest BCUT2D eigenvalue weighted by molar-refractivity contribution is 5.56. The maximum Gasteiger partial charge on any atom is 0.138 e. The second-order valence-electron chi connectivity index (χ2n) is 6.96. The molecule has 0 amide bonds. The highest BCUT2D eigenvalue weighted by Crippen LogP contribution is 2.32. The van der Waals surface area contributed by atoms with E-state index in [2.05, 4.69) is 49.9 Å². The van der Waals surface area contributed by atoms with Gasteiger partial charge in [-0.15, -0.1) is 0 Å². The molecule has 5 nitrogen and oxygen atoms in total. The maximum atomic E-state index is 6.05. The number of hydrogen-bond acceptors (Lipinski definition) is 5. The Morgan fingerprint density at radius 3 is 2.50 bits per heavy atom. The van der Waals surface area contributed by atoms with E-state index in [1.165, 1.54) is 0 Å². The van der Waals surface area contributed by atoms with Gasteiger partial charge in [-0.05, 0) is 27.2 Å². The van der Waals surface area contributed by atoms with Crippen LogP contribution in [0.1, 0.15) is 52.4 Å². The number of nitrogen functional groups attached to an aromatic ring is 1. The molecule has 0 spiro atoms. The van der Waals surface area contributed by atoms with Crippen molar-refractivity contribution >= 4 is 11.6 Å². The number of nitrogens with zero attached hydrogens (tertiary/aromatic N) is 2. The first kappa shape index (κ1) is 15.0. The average molecular weight is 278 g/mol. The Morgan fingerprint density at radius 1 is 1.35 bits per heavy atom. The van der Waals surface area contributed by atoms with Crippen LogP contribution in [0.2, 0.25) is 0 Å². The van der Waals surface area contributed by atoms with Gasteiger partial charge in [-0.3, -0.25) is 0 Å². The number of anilines is 2. The van der Waals surface area contributed by atoms with Gasteiger partial charge in [0, 0.05) is 17.6 Å². The third-order valence-corrected chi connectivity index (χ3v) is 4.14. The molecule has 1 aromatic rings. The van der Waals surface area contributed by atoms with Gasteiger partial charge in [0.05, 0.1) is 11.6 Å². The second-order valence-corrected chi connectivity index (χ2v) is 6.96. The van der Waals surface area contributed by atoms with Crippen LogP contribution >= 0.6 is 0 Å². The predicted octanol–water partition coefficient (Wildman–Crippen LogP) is 2.64. The van der Waals surface area contributed by atoms with Gasteiger partial charge in [0.1, 0.15) is 17.5 Å². The number of hydrogen-bond donors (Lipinski definition) is 2. The van der Waals surface area contributed by atoms with Crippen molar-refractivity contribution in [2.24, 2.45) is 0 Å². The van der Waals surface area contributed by atoms with Crippen LogP contribution in [-0.2, 0) is 10.2 Å². The molecule has 0 aromatic carbocycles. The SMILES string of the molecule is Cc1c(N)nc(C(C)(C)C)nc1NC1(C)CCOC1C. The molecular formula is C15H26N4O. The summed E-state index contributed by atoms with van der Waals surface area (Å²) in [6, 6.07) is 0. The summed E-state index contributed by atoms with van der Waals surface area (Å²) in [6.07, 6.45) is 1.11. The fraction of sp³-hybridized carbons (Fsp3) is 0.733. The summed E-state index contributed by atoms with van der Waals surface area (Å²) in [6.45, 7) is 13.2. The number of rotatable bonds is 2. The minimum Gasteiger partial charge on any atom is -0.383 e. The molecule has 1 fully saturated rings. The lowest BCUT2D eigenvalue weighted by Crippen LogP contribution is -2.42. The van der Waals surface area contributed by atoms with Gasteiger partial charge in [-0.25, -0.2) is 9.97 Å². The molecular weight excluding hydrogens is 252 g/mol. The van der Waals surface area contributed by atoms with Crippen molar-refractivity contribution in [1.29, 1.82) is 0 Å². The van der Waals surface area contributed by atoms with Crippen molar-refractivity contribution in [2.45, 2.75) is 65.0 Å². The molecule has 2 atom stereocenters. The first-order chi connectivity index (χ1) is 9.13. The summed E-state index contributed by atoms with van der Waals surface area (Å²) in [5.74, 6) is 2.13. The summed E-state index contributed by atoms with van der Waals surface area (Å²) in [4.78, 5) is 9.11. The molecule has 1 aromatic heterocycles. The molecule has 0 saturated carbocycles. The molecule has 0 aliphatic carbocycles. The van der Waals surface area contributed by atoms with Crippen LogP contribution in [0.5, 0.6) is 0 Å². The van der Waals surface area contributed by atoms with E-state index in [1.807, 2.05) is 6.92 Å². The third-order valence-electron chi connectivity index (χ3n) is 4.14. The smallest absolute Gasteiger partial charge is 0.138 e. The fourth-order valence-electron chi connectivity index (χ4n) is 2.26. The number of ether oxygens (including phenoxy) is 1. The standard InChI is InChI=1S/C15H26N4O/c1-9-11(16)17-13(14(3,4)5)18-12(9)19-15(6)7-8-20-10(15)2/h10H,7-8H2,1-6H3,(H3,16,17,18,19). The van der Waals surface area contributed by atoms with Crippen LogP contribution in [0.25, 0.3) is 0 Å². The molecule has 112 valence electrons.